The van der Waals surface area contributed by atoms with E-state index < -0.39 is 0 Å². The molecule has 2 heterocycles. The molecule has 0 saturated carbocycles. The Labute approximate surface area is 182 Å². The zero-order chi connectivity index (χ0) is 21.8. The van der Waals surface area contributed by atoms with Crippen LogP contribution in [0.3, 0.4) is 0 Å². The number of methoxy groups -OCH3 is 1. The smallest absolute Gasteiger partial charge is 0.253 e. The van der Waals surface area contributed by atoms with Crippen LogP contribution in [0.4, 0.5) is 11.5 Å². The molecule has 1 aromatic heterocycles. The summed E-state index contributed by atoms with van der Waals surface area (Å²) < 4.78 is 5.42. The van der Waals surface area contributed by atoms with Gasteiger partial charge in [-0.3, -0.25) is 4.79 Å². The Hall–Kier alpha value is -3.61. The third kappa shape index (κ3) is 4.45. The highest BCUT2D eigenvalue weighted by Crippen LogP contribution is 2.28. The van der Waals surface area contributed by atoms with Crippen LogP contribution < -0.4 is 14.5 Å². The number of piperazine rings is 1. The number of hydrogen-bond acceptors (Lipinski definition) is 6. The molecule has 1 saturated heterocycles. The van der Waals surface area contributed by atoms with Crippen molar-refractivity contribution < 1.29 is 9.53 Å². The summed E-state index contributed by atoms with van der Waals surface area (Å²) in [5.74, 6) is 1.67. The van der Waals surface area contributed by atoms with Gasteiger partial charge in [0, 0.05) is 57.1 Å². The maximum Gasteiger partial charge on any atom is 0.253 e. The van der Waals surface area contributed by atoms with E-state index in [2.05, 4.69) is 15.1 Å². The highest BCUT2D eigenvalue weighted by atomic mass is 16.5. The van der Waals surface area contributed by atoms with Crippen molar-refractivity contribution in [1.29, 1.82) is 0 Å². The van der Waals surface area contributed by atoms with Gasteiger partial charge in [-0.15, -0.1) is 10.2 Å². The third-order valence-corrected chi connectivity index (χ3v) is 5.55. The fourth-order valence-corrected chi connectivity index (χ4v) is 3.72. The van der Waals surface area contributed by atoms with Crippen LogP contribution in [-0.4, -0.2) is 68.4 Å². The van der Waals surface area contributed by atoms with Crippen LogP contribution in [0.25, 0.3) is 11.3 Å². The lowest BCUT2D eigenvalue weighted by atomic mass is 10.1. The van der Waals surface area contributed by atoms with Crippen molar-refractivity contribution in [3.8, 4) is 17.0 Å². The molecular formula is C24H27N5O2. The van der Waals surface area contributed by atoms with Crippen molar-refractivity contribution in [3.63, 3.8) is 0 Å². The maximum atomic E-state index is 12.8. The average molecular weight is 418 g/mol. The number of rotatable bonds is 5. The van der Waals surface area contributed by atoms with E-state index in [1.165, 1.54) is 0 Å². The first kappa shape index (κ1) is 20.7. The van der Waals surface area contributed by atoms with Gasteiger partial charge < -0.3 is 19.4 Å². The summed E-state index contributed by atoms with van der Waals surface area (Å²) >= 11 is 0. The summed E-state index contributed by atoms with van der Waals surface area (Å²) in [5, 5.41) is 8.82. The van der Waals surface area contributed by atoms with Crippen LogP contribution in [0.15, 0.2) is 60.7 Å². The Morgan fingerprint density at radius 1 is 0.903 bits per heavy atom. The number of hydrogen-bond donors (Lipinski definition) is 0. The molecule has 1 aliphatic heterocycles. The van der Waals surface area contributed by atoms with Crippen LogP contribution in [-0.2, 0) is 0 Å². The van der Waals surface area contributed by atoms with Gasteiger partial charge in [0.05, 0.1) is 12.8 Å². The minimum atomic E-state index is 0.0718. The zero-order valence-corrected chi connectivity index (χ0v) is 18.2. The molecule has 160 valence electrons. The van der Waals surface area contributed by atoms with Crippen molar-refractivity contribution in [1.82, 2.24) is 15.1 Å². The van der Waals surface area contributed by atoms with Gasteiger partial charge in [-0.1, -0.05) is 12.1 Å². The van der Waals surface area contributed by atoms with E-state index in [0.717, 1.165) is 47.2 Å². The van der Waals surface area contributed by atoms with E-state index in [-0.39, 0.29) is 5.91 Å². The summed E-state index contributed by atoms with van der Waals surface area (Å²) in [6.45, 7) is 2.77. The average Bonchev–Trinajstić information content (AvgIpc) is 2.84. The van der Waals surface area contributed by atoms with Gasteiger partial charge in [-0.2, -0.15) is 0 Å². The number of anilines is 2. The number of carbonyl (C=O) groups is 1. The van der Waals surface area contributed by atoms with Gasteiger partial charge in [-0.25, -0.2) is 0 Å². The first-order valence-corrected chi connectivity index (χ1v) is 10.4. The number of amides is 1. The van der Waals surface area contributed by atoms with Crippen LogP contribution in [0.1, 0.15) is 10.4 Å². The SMILES string of the molecule is COc1ccccc1-c1ccc(N2CCN(C(=O)c3ccc(N(C)C)cc3)CC2)nn1. The first-order chi connectivity index (χ1) is 15.1. The number of para-hydroxylation sites is 1. The molecule has 1 aliphatic rings. The summed E-state index contributed by atoms with van der Waals surface area (Å²) in [6, 6.07) is 19.4. The maximum absolute atomic E-state index is 12.8. The molecule has 0 aliphatic carbocycles. The Bertz CT molecular complexity index is 1030. The van der Waals surface area contributed by atoms with Crippen LogP contribution >= 0.6 is 0 Å². The molecule has 7 heteroatoms. The van der Waals surface area contributed by atoms with E-state index in [1.54, 1.807) is 7.11 Å². The Morgan fingerprint density at radius 3 is 2.23 bits per heavy atom. The molecule has 0 N–H and O–H groups in total. The summed E-state index contributed by atoms with van der Waals surface area (Å²) in [4.78, 5) is 18.9. The van der Waals surface area contributed by atoms with E-state index in [1.807, 2.05) is 84.6 Å². The van der Waals surface area contributed by atoms with Gasteiger partial charge in [0.2, 0.25) is 0 Å². The first-order valence-electron chi connectivity index (χ1n) is 10.4. The zero-order valence-electron chi connectivity index (χ0n) is 18.2. The molecule has 1 amide bonds. The molecule has 0 bridgehead atoms. The number of aromatic nitrogens is 2. The van der Waals surface area contributed by atoms with Gasteiger partial charge in [0.25, 0.3) is 5.91 Å². The topological polar surface area (TPSA) is 61.8 Å². The van der Waals surface area contributed by atoms with Gasteiger partial charge in [-0.05, 0) is 48.5 Å². The summed E-state index contributed by atoms with van der Waals surface area (Å²) in [7, 11) is 5.63. The lowest BCUT2D eigenvalue weighted by Crippen LogP contribution is -2.49. The van der Waals surface area contributed by atoms with Crippen LogP contribution in [0.2, 0.25) is 0 Å². The molecule has 31 heavy (non-hydrogen) atoms. The predicted octanol–water partition coefficient (Wildman–Crippen LogP) is 3.18. The standard InChI is InChI=1S/C24H27N5O2/c1-27(2)19-10-8-18(9-11-19)24(30)29-16-14-28(15-17-29)23-13-12-21(25-26-23)20-6-4-5-7-22(20)31-3/h4-13H,14-17H2,1-3H3. The molecule has 0 radical (unpaired) electrons. The predicted molar refractivity (Wildman–Crippen MR) is 123 cm³/mol. The number of carbonyl (C=O) groups excluding carboxylic acids is 1. The van der Waals surface area contributed by atoms with Crippen molar-refractivity contribution in [3.05, 3.63) is 66.2 Å². The van der Waals surface area contributed by atoms with Gasteiger partial charge >= 0.3 is 0 Å². The van der Waals surface area contributed by atoms with E-state index >= 15 is 0 Å². The van der Waals surface area contributed by atoms with Crippen LogP contribution in [0, 0.1) is 0 Å². The molecule has 4 rings (SSSR count). The fourth-order valence-electron chi connectivity index (χ4n) is 3.72. The lowest BCUT2D eigenvalue weighted by molar-refractivity contribution is 0.0746. The normalized spacial score (nSPS) is 13.8. The molecule has 1 fully saturated rings. The monoisotopic (exact) mass is 417 g/mol. The number of benzene rings is 2. The van der Waals surface area contributed by atoms with Gasteiger partial charge in [0.15, 0.2) is 5.82 Å². The number of nitrogens with zero attached hydrogens (tertiary/aromatic N) is 5. The second-order valence-electron chi connectivity index (χ2n) is 7.70. The van der Waals surface area contributed by atoms with Crippen molar-refractivity contribution in [2.24, 2.45) is 0 Å². The number of ether oxygens (including phenoxy) is 1. The van der Waals surface area contributed by atoms with Crippen molar-refractivity contribution in [2.75, 3.05) is 57.2 Å². The molecular weight excluding hydrogens is 390 g/mol. The highest BCUT2D eigenvalue weighted by Gasteiger charge is 2.23. The lowest BCUT2D eigenvalue weighted by Gasteiger charge is -2.35. The Kier molecular flexibility index (Phi) is 6.02. The quantitative estimate of drug-likeness (QED) is 0.636. The fraction of sp³-hybridized carbons (Fsp3) is 0.292. The summed E-state index contributed by atoms with van der Waals surface area (Å²) in [6.07, 6.45) is 0. The van der Waals surface area contributed by atoms with Crippen molar-refractivity contribution >= 4 is 17.4 Å². The Balaban J connectivity index is 1.39. The minimum Gasteiger partial charge on any atom is -0.496 e. The largest absolute Gasteiger partial charge is 0.496 e. The Morgan fingerprint density at radius 2 is 1.61 bits per heavy atom. The second-order valence-corrected chi connectivity index (χ2v) is 7.70. The summed E-state index contributed by atoms with van der Waals surface area (Å²) in [5.41, 5.74) is 3.49. The highest BCUT2D eigenvalue weighted by molar-refractivity contribution is 5.94. The second kappa shape index (κ2) is 9.04. The van der Waals surface area contributed by atoms with E-state index in [4.69, 9.17) is 4.74 Å². The van der Waals surface area contributed by atoms with E-state index in [0.29, 0.717) is 13.1 Å². The molecule has 0 atom stereocenters. The molecule has 2 aromatic carbocycles. The van der Waals surface area contributed by atoms with Gasteiger partial charge in [0.1, 0.15) is 5.75 Å². The third-order valence-electron chi connectivity index (χ3n) is 5.55. The van der Waals surface area contributed by atoms with Crippen LogP contribution in [0.5, 0.6) is 5.75 Å². The molecule has 0 unspecified atom stereocenters. The minimum absolute atomic E-state index is 0.0718. The molecule has 7 nitrogen and oxygen atoms in total. The van der Waals surface area contributed by atoms with E-state index in [9.17, 15) is 4.79 Å². The van der Waals surface area contributed by atoms with Crippen molar-refractivity contribution in [2.45, 2.75) is 0 Å². The molecule has 0 spiro atoms. The molecule has 3 aromatic rings.